The lowest BCUT2D eigenvalue weighted by Crippen LogP contribution is -2.29. The average Bonchev–Trinajstić information content (AvgIpc) is 2.35. The summed E-state index contributed by atoms with van der Waals surface area (Å²) in [6.07, 6.45) is 0.671. The van der Waals surface area contributed by atoms with Gasteiger partial charge in [-0.2, -0.15) is 0 Å². The summed E-state index contributed by atoms with van der Waals surface area (Å²) in [5, 5.41) is 13.3. The van der Waals surface area contributed by atoms with Gasteiger partial charge in [0.1, 0.15) is 0 Å². The van der Waals surface area contributed by atoms with Crippen molar-refractivity contribution in [1.82, 2.24) is 5.32 Å². The molecule has 0 amide bonds. The number of aliphatic hydroxyl groups is 1. The minimum absolute atomic E-state index is 0.412. The fourth-order valence-corrected chi connectivity index (χ4v) is 1.68. The van der Waals surface area contributed by atoms with Gasteiger partial charge in [-0.05, 0) is 30.4 Å². The molecule has 1 rings (SSSR count). The van der Waals surface area contributed by atoms with Crippen LogP contribution < -0.4 is 5.32 Å². The molecule has 96 valence electrons. The van der Waals surface area contributed by atoms with Crippen molar-refractivity contribution in [3.05, 3.63) is 35.4 Å². The van der Waals surface area contributed by atoms with Crippen LogP contribution in [-0.4, -0.2) is 17.7 Å². The molecule has 2 unspecified atom stereocenters. The number of rotatable bonds is 6. The Morgan fingerprint density at radius 1 is 1.06 bits per heavy atom. The highest BCUT2D eigenvalue weighted by atomic mass is 16.3. The van der Waals surface area contributed by atoms with Crippen LogP contribution in [0, 0.1) is 0 Å². The lowest BCUT2D eigenvalue weighted by molar-refractivity contribution is 0.170. The fraction of sp³-hybridized carbons (Fsp3) is 0.600. The van der Waals surface area contributed by atoms with Gasteiger partial charge in [0.2, 0.25) is 0 Å². The molecule has 0 aliphatic heterocycles. The van der Waals surface area contributed by atoms with E-state index in [1.165, 1.54) is 5.56 Å². The van der Waals surface area contributed by atoms with E-state index in [0.717, 1.165) is 12.0 Å². The highest BCUT2D eigenvalue weighted by Crippen LogP contribution is 2.18. The Bertz CT molecular complexity index is 318. The standard InChI is InChI=1S/C15H25NO/c1-5-12(4)16-10-15(17)14-8-6-13(7-9-14)11(2)3/h6-9,11-12,15-17H,5,10H2,1-4H3. The van der Waals surface area contributed by atoms with Crippen LogP contribution in [0.4, 0.5) is 0 Å². The SMILES string of the molecule is CCC(C)NCC(O)c1ccc(C(C)C)cc1. The molecule has 0 aromatic heterocycles. The second-order valence-electron chi connectivity index (χ2n) is 5.05. The van der Waals surface area contributed by atoms with Crippen molar-refractivity contribution in [2.75, 3.05) is 6.54 Å². The van der Waals surface area contributed by atoms with Crippen LogP contribution in [0.5, 0.6) is 0 Å². The molecule has 0 radical (unpaired) electrons. The van der Waals surface area contributed by atoms with Gasteiger partial charge in [-0.3, -0.25) is 0 Å². The maximum absolute atomic E-state index is 10.0. The Morgan fingerprint density at radius 3 is 2.06 bits per heavy atom. The third-order valence-corrected chi connectivity index (χ3v) is 3.26. The summed E-state index contributed by atoms with van der Waals surface area (Å²) in [5.74, 6) is 0.541. The molecule has 0 fully saturated rings. The van der Waals surface area contributed by atoms with E-state index in [2.05, 4.69) is 45.1 Å². The summed E-state index contributed by atoms with van der Waals surface area (Å²) in [6, 6.07) is 8.72. The van der Waals surface area contributed by atoms with Gasteiger partial charge >= 0.3 is 0 Å². The molecule has 0 heterocycles. The Balaban J connectivity index is 2.54. The van der Waals surface area contributed by atoms with Crippen LogP contribution in [0.1, 0.15) is 57.3 Å². The first kappa shape index (κ1) is 14.2. The van der Waals surface area contributed by atoms with Crippen LogP contribution in [-0.2, 0) is 0 Å². The van der Waals surface area contributed by atoms with E-state index in [9.17, 15) is 5.11 Å². The van der Waals surface area contributed by atoms with Gasteiger partial charge in [0.15, 0.2) is 0 Å². The van der Waals surface area contributed by atoms with Gasteiger partial charge in [0.05, 0.1) is 6.10 Å². The predicted octanol–water partition coefficient (Wildman–Crippen LogP) is 3.23. The molecule has 0 spiro atoms. The summed E-state index contributed by atoms with van der Waals surface area (Å²) in [7, 11) is 0. The number of nitrogens with one attached hydrogen (secondary N) is 1. The van der Waals surface area contributed by atoms with Gasteiger partial charge in [-0.1, -0.05) is 45.0 Å². The molecular formula is C15H25NO. The summed E-state index contributed by atoms with van der Waals surface area (Å²) in [6.45, 7) is 9.25. The zero-order valence-electron chi connectivity index (χ0n) is 11.4. The second kappa shape index (κ2) is 6.77. The Kier molecular flexibility index (Phi) is 5.66. The molecule has 1 aromatic carbocycles. The van der Waals surface area contributed by atoms with Gasteiger partial charge in [-0.15, -0.1) is 0 Å². The van der Waals surface area contributed by atoms with Crippen molar-refractivity contribution < 1.29 is 5.11 Å². The van der Waals surface area contributed by atoms with Gasteiger partial charge in [0.25, 0.3) is 0 Å². The lowest BCUT2D eigenvalue weighted by Gasteiger charge is -2.16. The summed E-state index contributed by atoms with van der Waals surface area (Å²) in [5.41, 5.74) is 2.31. The minimum Gasteiger partial charge on any atom is -0.387 e. The van der Waals surface area contributed by atoms with Gasteiger partial charge in [-0.25, -0.2) is 0 Å². The predicted molar refractivity (Wildman–Crippen MR) is 73.2 cm³/mol. The van der Waals surface area contributed by atoms with Gasteiger partial charge in [0, 0.05) is 12.6 Å². The highest BCUT2D eigenvalue weighted by molar-refractivity contribution is 5.26. The quantitative estimate of drug-likeness (QED) is 0.793. The molecule has 17 heavy (non-hydrogen) atoms. The van der Waals surface area contributed by atoms with E-state index < -0.39 is 6.10 Å². The first-order chi connectivity index (χ1) is 8.04. The van der Waals surface area contributed by atoms with E-state index in [0.29, 0.717) is 18.5 Å². The van der Waals surface area contributed by atoms with Crippen molar-refractivity contribution in [3.8, 4) is 0 Å². The third kappa shape index (κ3) is 4.49. The first-order valence-corrected chi connectivity index (χ1v) is 6.55. The average molecular weight is 235 g/mol. The molecule has 2 heteroatoms. The maximum Gasteiger partial charge on any atom is 0.0914 e. The molecule has 2 atom stereocenters. The van der Waals surface area contributed by atoms with Gasteiger partial charge < -0.3 is 10.4 Å². The molecule has 0 saturated carbocycles. The molecule has 0 saturated heterocycles. The number of benzene rings is 1. The summed E-state index contributed by atoms with van der Waals surface area (Å²) in [4.78, 5) is 0. The van der Waals surface area contributed by atoms with Crippen molar-refractivity contribution in [3.63, 3.8) is 0 Å². The second-order valence-corrected chi connectivity index (χ2v) is 5.05. The van der Waals surface area contributed by atoms with Crippen molar-refractivity contribution in [1.29, 1.82) is 0 Å². The van der Waals surface area contributed by atoms with E-state index in [-0.39, 0.29) is 0 Å². The molecule has 2 nitrogen and oxygen atoms in total. The summed E-state index contributed by atoms with van der Waals surface area (Å²) < 4.78 is 0. The highest BCUT2D eigenvalue weighted by Gasteiger charge is 2.09. The molecular weight excluding hydrogens is 210 g/mol. The maximum atomic E-state index is 10.0. The van der Waals surface area contributed by atoms with E-state index >= 15 is 0 Å². The van der Waals surface area contributed by atoms with E-state index in [1.54, 1.807) is 0 Å². The lowest BCUT2D eigenvalue weighted by atomic mass is 10.00. The van der Waals surface area contributed by atoms with Crippen LogP contribution in [0.3, 0.4) is 0 Å². The first-order valence-electron chi connectivity index (χ1n) is 6.55. The monoisotopic (exact) mass is 235 g/mol. The molecule has 0 aliphatic carbocycles. The molecule has 0 aliphatic rings. The largest absolute Gasteiger partial charge is 0.387 e. The van der Waals surface area contributed by atoms with Crippen LogP contribution >= 0.6 is 0 Å². The van der Waals surface area contributed by atoms with Crippen molar-refractivity contribution in [2.45, 2.75) is 52.2 Å². The number of hydrogen-bond donors (Lipinski definition) is 2. The molecule has 0 bridgehead atoms. The van der Waals surface area contributed by atoms with Crippen LogP contribution in [0.15, 0.2) is 24.3 Å². The Labute approximate surface area is 105 Å². The van der Waals surface area contributed by atoms with E-state index in [1.807, 2.05) is 12.1 Å². The van der Waals surface area contributed by atoms with Crippen LogP contribution in [0.2, 0.25) is 0 Å². The fourth-order valence-electron chi connectivity index (χ4n) is 1.68. The number of hydrogen-bond acceptors (Lipinski definition) is 2. The molecule has 2 N–H and O–H groups in total. The zero-order chi connectivity index (χ0) is 12.8. The van der Waals surface area contributed by atoms with Crippen molar-refractivity contribution >= 4 is 0 Å². The normalized spacial score (nSPS) is 14.9. The Morgan fingerprint density at radius 2 is 1.59 bits per heavy atom. The smallest absolute Gasteiger partial charge is 0.0914 e. The summed E-state index contributed by atoms with van der Waals surface area (Å²) >= 11 is 0. The molecule has 1 aromatic rings. The minimum atomic E-state index is -0.412. The van der Waals surface area contributed by atoms with Crippen LogP contribution in [0.25, 0.3) is 0 Å². The van der Waals surface area contributed by atoms with Crippen molar-refractivity contribution in [2.24, 2.45) is 0 Å². The number of aliphatic hydroxyl groups excluding tert-OH is 1. The topological polar surface area (TPSA) is 32.3 Å². The Hall–Kier alpha value is -0.860. The third-order valence-electron chi connectivity index (χ3n) is 3.26. The van der Waals surface area contributed by atoms with E-state index in [4.69, 9.17) is 0 Å². The zero-order valence-corrected chi connectivity index (χ0v) is 11.4.